The van der Waals surface area contributed by atoms with Crippen LogP contribution in [0.2, 0.25) is 0 Å². The molecule has 0 N–H and O–H groups in total. The number of amides is 1. The molecule has 0 spiro atoms. The Morgan fingerprint density at radius 2 is 1.77 bits per heavy atom. The van der Waals surface area contributed by atoms with E-state index in [1.165, 1.54) is 17.5 Å². The molecule has 1 amide bonds. The number of carbonyl (C=O) groups is 1. The fourth-order valence-corrected chi connectivity index (χ4v) is 5.59. The van der Waals surface area contributed by atoms with E-state index in [-0.39, 0.29) is 5.91 Å². The number of pyridine rings is 1. The Bertz CT molecular complexity index is 1480. The predicted octanol–water partition coefficient (Wildman–Crippen LogP) is 5.01. The number of furan rings is 1. The van der Waals surface area contributed by atoms with E-state index in [0.29, 0.717) is 49.1 Å². The summed E-state index contributed by atoms with van der Waals surface area (Å²) >= 11 is 0. The highest BCUT2D eigenvalue weighted by Crippen LogP contribution is 2.33. The third-order valence-electron chi connectivity index (χ3n) is 7.60. The van der Waals surface area contributed by atoms with Crippen molar-refractivity contribution in [2.24, 2.45) is 0 Å². The van der Waals surface area contributed by atoms with E-state index in [1.54, 1.807) is 43.6 Å². The van der Waals surface area contributed by atoms with E-state index in [1.807, 2.05) is 12.1 Å². The second-order valence-corrected chi connectivity index (χ2v) is 10.0. The number of fused-ring (bicyclic) bond motifs is 2. The molecule has 8 heteroatoms. The molecule has 39 heavy (non-hydrogen) atoms. The van der Waals surface area contributed by atoms with Gasteiger partial charge in [-0.3, -0.25) is 4.79 Å². The maximum absolute atomic E-state index is 14.0. The highest BCUT2D eigenvalue weighted by atomic mass is 16.5. The zero-order valence-electron chi connectivity index (χ0n) is 22.4. The number of methoxy groups -OCH3 is 2. The summed E-state index contributed by atoms with van der Waals surface area (Å²) in [6, 6.07) is 15.7. The van der Waals surface area contributed by atoms with Gasteiger partial charge in [0.25, 0.3) is 5.91 Å². The summed E-state index contributed by atoms with van der Waals surface area (Å²) in [5.74, 6) is 2.58. The summed E-state index contributed by atoms with van der Waals surface area (Å²) in [6.45, 7) is 3.54. The summed E-state index contributed by atoms with van der Waals surface area (Å²) < 4.78 is 22.1. The lowest BCUT2D eigenvalue weighted by Crippen LogP contribution is -2.38. The number of aromatic nitrogens is 1. The Kier molecular flexibility index (Phi) is 7.11. The van der Waals surface area contributed by atoms with Crippen molar-refractivity contribution in [3.8, 4) is 11.5 Å². The molecule has 1 saturated heterocycles. The van der Waals surface area contributed by atoms with Crippen molar-refractivity contribution in [3.05, 3.63) is 82.8 Å². The van der Waals surface area contributed by atoms with Crippen molar-refractivity contribution in [2.75, 3.05) is 45.4 Å². The number of ether oxygens (including phenoxy) is 3. The van der Waals surface area contributed by atoms with Crippen LogP contribution in [0.25, 0.3) is 10.9 Å². The van der Waals surface area contributed by atoms with Crippen LogP contribution in [0.1, 0.15) is 39.2 Å². The molecule has 6 rings (SSSR count). The molecule has 1 aliphatic carbocycles. The number of benzene rings is 2. The fourth-order valence-electron chi connectivity index (χ4n) is 5.59. The van der Waals surface area contributed by atoms with Crippen LogP contribution in [-0.2, 0) is 30.7 Å². The SMILES string of the molecule is COc1ccc(C(=O)N(Cc2ccco2)Cc2cc3cc4c(cc3nc2N2CCOCC2)CCC4)cc1OC. The normalized spacial score (nSPS) is 14.9. The van der Waals surface area contributed by atoms with Crippen LogP contribution in [0, 0.1) is 0 Å². The minimum atomic E-state index is -0.130. The van der Waals surface area contributed by atoms with E-state index < -0.39 is 0 Å². The standard InChI is InChI=1S/C31H33N3O5/c1-36-28-9-8-23(18-29(28)37-2)31(35)34(20-26-7-4-12-39-26)19-25-16-24-15-21-5-3-6-22(21)17-27(24)32-30(25)33-10-13-38-14-11-33/h4,7-9,12,15-18H,3,5-6,10-11,13-14,19-20H2,1-2H3. The molecule has 4 aromatic rings. The zero-order chi connectivity index (χ0) is 26.8. The molecule has 2 aliphatic rings. The van der Waals surface area contributed by atoms with Crippen LogP contribution < -0.4 is 14.4 Å². The Labute approximate surface area is 228 Å². The first-order chi connectivity index (χ1) is 19.1. The van der Waals surface area contributed by atoms with Crippen molar-refractivity contribution in [1.82, 2.24) is 9.88 Å². The Morgan fingerprint density at radius 3 is 2.51 bits per heavy atom. The van der Waals surface area contributed by atoms with Gasteiger partial charge in [0.15, 0.2) is 11.5 Å². The van der Waals surface area contributed by atoms with Crippen molar-refractivity contribution < 1.29 is 23.4 Å². The minimum Gasteiger partial charge on any atom is -0.493 e. The number of rotatable bonds is 8. The van der Waals surface area contributed by atoms with Crippen molar-refractivity contribution in [2.45, 2.75) is 32.4 Å². The second kappa shape index (κ2) is 11.0. The van der Waals surface area contributed by atoms with Crippen LogP contribution in [0.4, 0.5) is 5.82 Å². The minimum absolute atomic E-state index is 0.130. The van der Waals surface area contributed by atoms with E-state index in [0.717, 1.165) is 48.2 Å². The molecule has 1 aliphatic heterocycles. The molecular weight excluding hydrogens is 494 g/mol. The number of hydrogen-bond donors (Lipinski definition) is 0. The lowest BCUT2D eigenvalue weighted by Gasteiger charge is -2.31. The lowest BCUT2D eigenvalue weighted by atomic mass is 10.0. The van der Waals surface area contributed by atoms with Crippen molar-refractivity contribution in [1.29, 1.82) is 0 Å². The van der Waals surface area contributed by atoms with Gasteiger partial charge in [0.2, 0.25) is 0 Å². The quantitative estimate of drug-likeness (QED) is 0.319. The number of aryl methyl sites for hydroxylation is 2. The lowest BCUT2D eigenvalue weighted by molar-refractivity contribution is 0.0717. The molecule has 1 fully saturated rings. The third kappa shape index (κ3) is 5.16. The zero-order valence-corrected chi connectivity index (χ0v) is 22.4. The number of nitrogens with zero attached hydrogens (tertiary/aromatic N) is 3. The summed E-state index contributed by atoms with van der Waals surface area (Å²) in [7, 11) is 3.15. The number of morpholine rings is 1. The molecular formula is C31H33N3O5. The van der Waals surface area contributed by atoms with Crippen molar-refractivity contribution >= 4 is 22.6 Å². The molecule has 3 heterocycles. The molecule has 8 nitrogen and oxygen atoms in total. The van der Waals surface area contributed by atoms with Gasteiger partial charge in [-0.05, 0) is 78.9 Å². The van der Waals surface area contributed by atoms with E-state index in [2.05, 4.69) is 23.1 Å². The summed E-state index contributed by atoms with van der Waals surface area (Å²) in [4.78, 5) is 23.2. The second-order valence-electron chi connectivity index (χ2n) is 10.0. The van der Waals surface area contributed by atoms with Gasteiger partial charge in [-0.1, -0.05) is 0 Å². The summed E-state index contributed by atoms with van der Waals surface area (Å²) in [5.41, 5.74) is 5.33. The monoisotopic (exact) mass is 527 g/mol. The first-order valence-corrected chi connectivity index (χ1v) is 13.4. The van der Waals surface area contributed by atoms with Gasteiger partial charge in [0.05, 0.1) is 52.3 Å². The van der Waals surface area contributed by atoms with Gasteiger partial charge in [-0.15, -0.1) is 0 Å². The number of hydrogen-bond acceptors (Lipinski definition) is 7. The highest BCUT2D eigenvalue weighted by Gasteiger charge is 2.25. The fraction of sp³-hybridized carbons (Fsp3) is 0.355. The van der Waals surface area contributed by atoms with E-state index in [4.69, 9.17) is 23.6 Å². The molecule has 202 valence electrons. The average Bonchev–Trinajstić information content (AvgIpc) is 3.67. The molecule has 0 atom stereocenters. The van der Waals surface area contributed by atoms with Crippen LogP contribution in [0.15, 0.2) is 59.2 Å². The van der Waals surface area contributed by atoms with Crippen LogP contribution in [-0.4, -0.2) is 56.3 Å². The van der Waals surface area contributed by atoms with Gasteiger partial charge in [-0.2, -0.15) is 0 Å². The third-order valence-corrected chi connectivity index (χ3v) is 7.60. The van der Waals surface area contributed by atoms with Gasteiger partial charge >= 0.3 is 0 Å². The Hall–Kier alpha value is -4.04. The van der Waals surface area contributed by atoms with Crippen LogP contribution in [0.3, 0.4) is 0 Å². The molecule has 0 unspecified atom stereocenters. The number of anilines is 1. The summed E-state index contributed by atoms with van der Waals surface area (Å²) in [6.07, 6.45) is 5.03. The van der Waals surface area contributed by atoms with Gasteiger partial charge in [0.1, 0.15) is 11.6 Å². The Balaban J connectivity index is 1.41. The molecule has 0 bridgehead atoms. The highest BCUT2D eigenvalue weighted by molar-refractivity contribution is 5.95. The molecule has 2 aromatic heterocycles. The van der Waals surface area contributed by atoms with Crippen LogP contribution >= 0.6 is 0 Å². The topological polar surface area (TPSA) is 77.3 Å². The van der Waals surface area contributed by atoms with Gasteiger partial charge < -0.3 is 28.4 Å². The molecule has 0 radical (unpaired) electrons. The van der Waals surface area contributed by atoms with Gasteiger partial charge in [-0.25, -0.2) is 4.98 Å². The van der Waals surface area contributed by atoms with Gasteiger partial charge in [0, 0.05) is 29.6 Å². The largest absolute Gasteiger partial charge is 0.493 e. The maximum Gasteiger partial charge on any atom is 0.254 e. The number of carbonyl (C=O) groups excluding carboxylic acids is 1. The van der Waals surface area contributed by atoms with Crippen molar-refractivity contribution in [3.63, 3.8) is 0 Å². The smallest absolute Gasteiger partial charge is 0.254 e. The van der Waals surface area contributed by atoms with E-state index >= 15 is 0 Å². The average molecular weight is 528 g/mol. The first-order valence-electron chi connectivity index (χ1n) is 13.4. The maximum atomic E-state index is 14.0. The van der Waals surface area contributed by atoms with Crippen LogP contribution in [0.5, 0.6) is 11.5 Å². The Morgan fingerprint density at radius 1 is 0.974 bits per heavy atom. The van der Waals surface area contributed by atoms with E-state index in [9.17, 15) is 4.79 Å². The molecule has 2 aromatic carbocycles. The summed E-state index contributed by atoms with van der Waals surface area (Å²) in [5, 5.41) is 1.11. The predicted molar refractivity (Wildman–Crippen MR) is 149 cm³/mol. The molecule has 0 saturated carbocycles. The first kappa shape index (κ1) is 25.2.